The molecule has 2 nitrogen and oxygen atoms in total. The van der Waals surface area contributed by atoms with Gasteiger partial charge in [0.15, 0.2) is 0 Å². The lowest BCUT2D eigenvalue weighted by molar-refractivity contribution is 0.161. The van der Waals surface area contributed by atoms with Gasteiger partial charge in [-0.1, -0.05) is 25.1 Å². The lowest BCUT2D eigenvalue weighted by Crippen LogP contribution is -2.43. The van der Waals surface area contributed by atoms with Crippen molar-refractivity contribution >= 4 is 0 Å². The second kappa shape index (κ2) is 8.50. The van der Waals surface area contributed by atoms with Gasteiger partial charge >= 0.3 is 0 Å². The van der Waals surface area contributed by atoms with E-state index in [1.807, 2.05) is 12.1 Å². The number of rotatable bonds is 7. The molecule has 1 aliphatic heterocycles. The van der Waals surface area contributed by atoms with Crippen LogP contribution in [0.3, 0.4) is 0 Å². The SMILES string of the molecule is CCCN(CC1CCCNC1)C(C)Cc1ccccc1F. The highest BCUT2D eigenvalue weighted by Gasteiger charge is 2.21. The lowest BCUT2D eigenvalue weighted by Gasteiger charge is -2.34. The van der Waals surface area contributed by atoms with Crippen molar-refractivity contribution in [2.24, 2.45) is 5.92 Å². The van der Waals surface area contributed by atoms with E-state index in [1.165, 1.54) is 12.8 Å². The average Bonchev–Trinajstić information content (AvgIpc) is 2.50. The van der Waals surface area contributed by atoms with Crippen LogP contribution < -0.4 is 5.32 Å². The number of halogens is 1. The molecule has 0 radical (unpaired) electrons. The van der Waals surface area contributed by atoms with E-state index in [2.05, 4.69) is 24.1 Å². The summed E-state index contributed by atoms with van der Waals surface area (Å²) in [4.78, 5) is 2.55. The number of benzene rings is 1. The fraction of sp³-hybridized carbons (Fsp3) is 0.667. The van der Waals surface area contributed by atoms with Crippen LogP contribution in [0.4, 0.5) is 4.39 Å². The molecule has 0 spiro atoms. The number of nitrogens with zero attached hydrogens (tertiary/aromatic N) is 1. The van der Waals surface area contributed by atoms with E-state index in [1.54, 1.807) is 12.1 Å². The monoisotopic (exact) mass is 292 g/mol. The van der Waals surface area contributed by atoms with Crippen LogP contribution in [-0.4, -0.2) is 37.1 Å². The van der Waals surface area contributed by atoms with Gasteiger partial charge in [-0.05, 0) is 69.8 Å². The zero-order chi connectivity index (χ0) is 15.1. The maximum Gasteiger partial charge on any atom is 0.126 e. The van der Waals surface area contributed by atoms with E-state index in [-0.39, 0.29) is 5.82 Å². The first kappa shape index (κ1) is 16.4. The first-order valence-electron chi connectivity index (χ1n) is 8.39. The molecule has 0 bridgehead atoms. The lowest BCUT2D eigenvalue weighted by atomic mass is 9.97. The molecule has 0 aliphatic carbocycles. The van der Waals surface area contributed by atoms with Gasteiger partial charge in [-0.25, -0.2) is 4.39 Å². The zero-order valence-corrected chi connectivity index (χ0v) is 13.4. The van der Waals surface area contributed by atoms with Gasteiger partial charge in [0.1, 0.15) is 5.82 Å². The fourth-order valence-corrected chi connectivity index (χ4v) is 3.30. The first-order valence-corrected chi connectivity index (χ1v) is 8.39. The van der Waals surface area contributed by atoms with Crippen molar-refractivity contribution in [3.63, 3.8) is 0 Å². The van der Waals surface area contributed by atoms with E-state index >= 15 is 0 Å². The van der Waals surface area contributed by atoms with Crippen molar-refractivity contribution in [1.82, 2.24) is 10.2 Å². The Bertz CT molecular complexity index is 415. The Balaban J connectivity index is 1.94. The molecule has 1 fully saturated rings. The Morgan fingerprint density at radius 3 is 2.86 bits per heavy atom. The summed E-state index contributed by atoms with van der Waals surface area (Å²) in [5, 5.41) is 3.49. The summed E-state index contributed by atoms with van der Waals surface area (Å²) in [5.41, 5.74) is 0.841. The van der Waals surface area contributed by atoms with Gasteiger partial charge in [0.25, 0.3) is 0 Å². The molecule has 1 saturated heterocycles. The highest BCUT2D eigenvalue weighted by atomic mass is 19.1. The van der Waals surface area contributed by atoms with E-state index < -0.39 is 0 Å². The Labute approximate surface area is 128 Å². The molecule has 1 aromatic carbocycles. The van der Waals surface area contributed by atoms with E-state index in [0.29, 0.717) is 6.04 Å². The Kier molecular flexibility index (Phi) is 6.65. The maximum absolute atomic E-state index is 13.8. The van der Waals surface area contributed by atoms with Crippen molar-refractivity contribution < 1.29 is 4.39 Å². The second-order valence-electron chi connectivity index (χ2n) is 6.35. The van der Waals surface area contributed by atoms with E-state index in [4.69, 9.17) is 0 Å². The van der Waals surface area contributed by atoms with Gasteiger partial charge in [-0.2, -0.15) is 0 Å². The van der Waals surface area contributed by atoms with Gasteiger partial charge in [-0.3, -0.25) is 0 Å². The van der Waals surface area contributed by atoms with Gasteiger partial charge in [0.2, 0.25) is 0 Å². The molecule has 3 heteroatoms. The maximum atomic E-state index is 13.8. The zero-order valence-electron chi connectivity index (χ0n) is 13.4. The highest BCUT2D eigenvalue weighted by Crippen LogP contribution is 2.17. The highest BCUT2D eigenvalue weighted by molar-refractivity contribution is 5.18. The van der Waals surface area contributed by atoms with Gasteiger partial charge in [0, 0.05) is 12.6 Å². The first-order chi connectivity index (χ1) is 10.2. The van der Waals surface area contributed by atoms with Crippen molar-refractivity contribution in [2.45, 2.75) is 45.6 Å². The predicted octanol–water partition coefficient (Wildman–Crippen LogP) is 3.47. The molecule has 2 unspecified atom stereocenters. The molecule has 1 aromatic rings. The normalized spacial score (nSPS) is 20.7. The van der Waals surface area contributed by atoms with Gasteiger partial charge in [-0.15, -0.1) is 0 Å². The summed E-state index contributed by atoms with van der Waals surface area (Å²) in [7, 11) is 0. The minimum absolute atomic E-state index is 0.0693. The third kappa shape index (κ3) is 5.08. The van der Waals surface area contributed by atoms with Crippen LogP contribution in [-0.2, 0) is 6.42 Å². The Morgan fingerprint density at radius 2 is 2.19 bits per heavy atom. The van der Waals surface area contributed by atoms with Crippen LogP contribution in [0.15, 0.2) is 24.3 Å². The van der Waals surface area contributed by atoms with Crippen LogP contribution in [0, 0.1) is 11.7 Å². The van der Waals surface area contributed by atoms with Gasteiger partial charge < -0.3 is 10.2 Å². The van der Waals surface area contributed by atoms with Crippen LogP contribution in [0.1, 0.15) is 38.7 Å². The van der Waals surface area contributed by atoms with Crippen LogP contribution in [0.25, 0.3) is 0 Å². The summed E-state index contributed by atoms with van der Waals surface area (Å²) in [6, 6.07) is 7.57. The van der Waals surface area contributed by atoms with E-state index in [0.717, 1.165) is 50.5 Å². The molecule has 1 N–H and O–H groups in total. The Morgan fingerprint density at radius 1 is 1.38 bits per heavy atom. The molecular weight excluding hydrogens is 263 g/mol. The molecule has 1 aliphatic rings. The topological polar surface area (TPSA) is 15.3 Å². The predicted molar refractivity (Wildman–Crippen MR) is 87.0 cm³/mol. The summed E-state index contributed by atoms with van der Waals surface area (Å²) >= 11 is 0. The van der Waals surface area contributed by atoms with Crippen molar-refractivity contribution in [1.29, 1.82) is 0 Å². The van der Waals surface area contributed by atoms with Crippen LogP contribution in [0.2, 0.25) is 0 Å². The standard InChI is InChI=1S/C18H29FN2/c1-3-11-21(14-16-7-6-10-20-13-16)15(2)12-17-8-4-5-9-18(17)19/h4-5,8-9,15-16,20H,3,6-7,10-14H2,1-2H3. The third-order valence-electron chi connectivity index (χ3n) is 4.50. The van der Waals surface area contributed by atoms with Crippen LogP contribution >= 0.6 is 0 Å². The minimum atomic E-state index is -0.0693. The minimum Gasteiger partial charge on any atom is -0.316 e. The third-order valence-corrected chi connectivity index (χ3v) is 4.50. The molecule has 2 atom stereocenters. The largest absolute Gasteiger partial charge is 0.316 e. The molecular formula is C18H29FN2. The van der Waals surface area contributed by atoms with Crippen molar-refractivity contribution in [3.8, 4) is 0 Å². The Hall–Kier alpha value is -0.930. The summed E-state index contributed by atoms with van der Waals surface area (Å²) in [5.74, 6) is 0.675. The smallest absolute Gasteiger partial charge is 0.126 e. The van der Waals surface area contributed by atoms with Crippen molar-refractivity contribution in [3.05, 3.63) is 35.6 Å². The molecule has 2 rings (SSSR count). The van der Waals surface area contributed by atoms with Crippen LogP contribution in [0.5, 0.6) is 0 Å². The molecule has 118 valence electrons. The molecule has 0 aromatic heterocycles. The fourth-order valence-electron chi connectivity index (χ4n) is 3.30. The van der Waals surface area contributed by atoms with E-state index in [9.17, 15) is 4.39 Å². The number of nitrogens with one attached hydrogen (secondary N) is 1. The average molecular weight is 292 g/mol. The van der Waals surface area contributed by atoms with Crippen molar-refractivity contribution in [2.75, 3.05) is 26.2 Å². The number of hydrogen-bond acceptors (Lipinski definition) is 2. The number of piperidine rings is 1. The molecule has 0 saturated carbocycles. The molecule has 1 heterocycles. The summed E-state index contributed by atoms with van der Waals surface area (Å²) in [6.07, 6.45) is 4.56. The summed E-state index contributed by atoms with van der Waals surface area (Å²) in [6.45, 7) is 8.99. The van der Waals surface area contributed by atoms with Gasteiger partial charge in [0.05, 0.1) is 0 Å². The molecule has 21 heavy (non-hydrogen) atoms. The number of hydrogen-bond donors (Lipinski definition) is 1. The summed E-state index contributed by atoms with van der Waals surface area (Å²) < 4.78 is 13.8. The molecule has 0 amide bonds. The second-order valence-corrected chi connectivity index (χ2v) is 6.35. The quantitative estimate of drug-likeness (QED) is 0.828.